The number of benzene rings is 2. The maximum absolute atomic E-state index is 13.4. The van der Waals surface area contributed by atoms with Gasteiger partial charge in [-0.2, -0.15) is 0 Å². The quantitative estimate of drug-likeness (QED) is 0.342. The lowest BCUT2D eigenvalue weighted by molar-refractivity contribution is -0.132. The van der Waals surface area contributed by atoms with Gasteiger partial charge in [-0.25, -0.2) is 4.79 Å². The van der Waals surface area contributed by atoms with Crippen LogP contribution in [-0.4, -0.2) is 41.4 Å². The minimum Gasteiger partial charge on any atom is -0.464 e. The third-order valence-corrected chi connectivity index (χ3v) is 5.68. The lowest BCUT2D eigenvalue weighted by Gasteiger charge is -2.27. The molecular formula is C28H35N3O3. The molecule has 0 aliphatic rings. The standard InChI is InChI=1S/C28H35N3O3/c1-3-4-11-19-31(28(33)29-25-14-9-6-10-15-25)22-27(32)30(21-26-17-16-23(2)34-26)20-18-24-12-7-5-8-13-24/h5-10,12-17H,3-4,11,18-22H2,1-2H3,(H,29,33). The second kappa shape index (κ2) is 13.2. The van der Waals surface area contributed by atoms with E-state index in [1.807, 2.05) is 67.6 Å². The minimum atomic E-state index is -0.257. The number of nitrogens with one attached hydrogen (secondary N) is 1. The molecule has 6 nitrogen and oxygen atoms in total. The van der Waals surface area contributed by atoms with E-state index in [-0.39, 0.29) is 18.5 Å². The summed E-state index contributed by atoms with van der Waals surface area (Å²) in [6.45, 7) is 5.50. The summed E-state index contributed by atoms with van der Waals surface area (Å²) in [5.41, 5.74) is 1.88. The van der Waals surface area contributed by atoms with Gasteiger partial charge in [0.2, 0.25) is 5.91 Å². The number of hydrogen-bond donors (Lipinski definition) is 1. The van der Waals surface area contributed by atoms with Crippen LogP contribution >= 0.6 is 0 Å². The van der Waals surface area contributed by atoms with Crippen LogP contribution in [0.4, 0.5) is 10.5 Å². The van der Waals surface area contributed by atoms with Gasteiger partial charge in [-0.15, -0.1) is 0 Å². The molecule has 34 heavy (non-hydrogen) atoms. The predicted octanol–water partition coefficient (Wildman–Crippen LogP) is 5.88. The predicted molar refractivity (Wildman–Crippen MR) is 136 cm³/mol. The molecular weight excluding hydrogens is 426 g/mol. The van der Waals surface area contributed by atoms with Crippen LogP contribution in [0, 0.1) is 6.92 Å². The van der Waals surface area contributed by atoms with E-state index in [1.54, 1.807) is 9.80 Å². The van der Waals surface area contributed by atoms with Crippen molar-refractivity contribution in [1.29, 1.82) is 0 Å². The SMILES string of the molecule is CCCCCN(CC(=O)N(CCc1ccccc1)Cc1ccc(C)o1)C(=O)Nc1ccccc1. The molecule has 1 N–H and O–H groups in total. The highest BCUT2D eigenvalue weighted by Gasteiger charge is 2.22. The van der Waals surface area contributed by atoms with Crippen molar-refractivity contribution in [2.45, 2.75) is 46.1 Å². The minimum absolute atomic E-state index is 0.0247. The van der Waals surface area contributed by atoms with Crippen molar-refractivity contribution < 1.29 is 14.0 Å². The molecule has 3 amide bonds. The number of carbonyl (C=O) groups is 2. The lowest BCUT2D eigenvalue weighted by atomic mass is 10.1. The van der Waals surface area contributed by atoms with Crippen LogP contribution in [0.5, 0.6) is 0 Å². The molecule has 0 aliphatic carbocycles. The molecule has 1 heterocycles. The fraction of sp³-hybridized carbons (Fsp3) is 0.357. The maximum atomic E-state index is 13.4. The molecule has 0 bridgehead atoms. The summed E-state index contributed by atoms with van der Waals surface area (Å²) in [6.07, 6.45) is 3.64. The Kier molecular flexibility index (Phi) is 9.77. The summed E-state index contributed by atoms with van der Waals surface area (Å²) in [7, 11) is 0. The molecule has 0 saturated heterocycles. The van der Waals surface area contributed by atoms with Crippen molar-refractivity contribution >= 4 is 17.6 Å². The molecule has 6 heteroatoms. The Labute approximate surface area is 202 Å². The lowest BCUT2D eigenvalue weighted by Crippen LogP contribution is -2.45. The van der Waals surface area contributed by atoms with E-state index in [2.05, 4.69) is 24.4 Å². The third-order valence-electron chi connectivity index (χ3n) is 5.68. The van der Waals surface area contributed by atoms with Gasteiger partial charge in [-0.1, -0.05) is 68.3 Å². The molecule has 180 valence electrons. The normalized spacial score (nSPS) is 10.6. The number of nitrogens with zero attached hydrogens (tertiary/aromatic N) is 2. The largest absolute Gasteiger partial charge is 0.464 e. The number of anilines is 1. The molecule has 0 saturated carbocycles. The maximum Gasteiger partial charge on any atom is 0.322 e. The highest BCUT2D eigenvalue weighted by molar-refractivity contribution is 5.92. The molecule has 0 aliphatic heterocycles. The number of unbranched alkanes of at least 4 members (excludes halogenated alkanes) is 2. The van der Waals surface area contributed by atoms with Crippen molar-refractivity contribution in [3.63, 3.8) is 0 Å². The number of hydrogen-bond acceptors (Lipinski definition) is 3. The zero-order valence-electron chi connectivity index (χ0n) is 20.2. The molecule has 0 fully saturated rings. The zero-order valence-corrected chi connectivity index (χ0v) is 20.2. The van der Waals surface area contributed by atoms with Crippen molar-refractivity contribution in [2.24, 2.45) is 0 Å². The van der Waals surface area contributed by atoms with Crippen LogP contribution in [0.1, 0.15) is 43.3 Å². The highest BCUT2D eigenvalue weighted by Crippen LogP contribution is 2.13. The fourth-order valence-corrected chi connectivity index (χ4v) is 3.75. The van der Waals surface area contributed by atoms with Gasteiger partial charge >= 0.3 is 6.03 Å². The average molecular weight is 462 g/mol. The Morgan fingerprint density at radius 3 is 2.21 bits per heavy atom. The van der Waals surface area contributed by atoms with Crippen molar-refractivity contribution in [3.8, 4) is 0 Å². The number of aryl methyl sites for hydroxylation is 1. The van der Waals surface area contributed by atoms with Crippen LogP contribution in [0.2, 0.25) is 0 Å². The summed E-state index contributed by atoms with van der Waals surface area (Å²) in [5, 5.41) is 2.92. The van der Waals surface area contributed by atoms with Crippen molar-refractivity contribution in [3.05, 3.63) is 89.9 Å². The zero-order chi connectivity index (χ0) is 24.2. The molecule has 3 rings (SSSR count). The van der Waals surface area contributed by atoms with Crippen LogP contribution in [0.3, 0.4) is 0 Å². The van der Waals surface area contributed by atoms with E-state index in [1.165, 1.54) is 0 Å². The Morgan fingerprint density at radius 2 is 1.56 bits per heavy atom. The van der Waals surface area contributed by atoms with E-state index >= 15 is 0 Å². The first-order chi connectivity index (χ1) is 16.5. The van der Waals surface area contributed by atoms with Crippen LogP contribution in [0.25, 0.3) is 0 Å². The molecule has 0 radical (unpaired) electrons. The van der Waals surface area contributed by atoms with Gasteiger partial charge in [0.1, 0.15) is 18.1 Å². The first-order valence-corrected chi connectivity index (χ1v) is 12.0. The Balaban J connectivity index is 1.71. The second-order valence-corrected chi connectivity index (χ2v) is 8.49. The van der Waals surface area contributed by atoms with Gasteiger partial charge in [0.05, 0.1) is 6.54 Å². The molecule has 3 aromatic rings. The number of rotatable bonds is 12. The van der Waals surface area contributed by atoms with Crippen LogP contribution in [-0.2, 0) is 17.8 Å². The molecule has 1 aromatic heterocycles. The van der Waals surface area contributed by atoms with E-state index in [9.17, 15) is 9.59 Å². The molecule has 0 atom stereocenters. The first-order valence-electron chi connectivity index (χ1n) is 12.0. The molecule has 0 unspecified atom stereocenters. The summed E-state index contributed by atoms with van der Waals surface area (Å²) in [4.78, 5) is 29.9. The van der Waals surface area contributed by atoms with E-state index < -0.39 is 0 Å². The van der Waals surface area contributed by atoms with Gasteiger partial charge in [-0.05, 0) is 49.6 Å². The number of amides is 3. The number of urea groups is 1. The van der Waals surface area contributed by atoms with E-state index in [0.29, 0.717) is 25.3 Å². The third kappa shape index (κ3) is 8.10. The average Bonchev–Trinajstić information content (AvgIpc) is 3.27. The topological polar surface area (TPSA) is 65.8 Å². The van der Waals surface area contributed by atoms with Crippen LogP contribution in [0.15, 0.2) is 77.2 Å². The summed E-state index contributed by atoms with van der Waals surface area (Å²) in [5.74, 6) is 1.46. The number of para-hydroxylation sites is 1. The van der Waals surface area contributed by atoms with E-state index in [4.69, 9.17) is 4.42 Å². The summed E-state index contributed by atoms with van der Waals surface area (Å²) < 4.78 is 5.74. The van der Waals surface area contributed by atoms with E-state index in [0.717, 1.165) is 42.8 Å². The Morgan fingerprint density at radius 1 is 0.853 bits per heavy atom. The Bertz CT molecular complexity index is 1020. The Hall–Kier alpha value is -3.54. The first kappa shape index (κ1) is 25.1. The monoisotopic (exact) mass is 461 g/mol. The van der Waals surface area contributed by atoms with Gasteiger partial charge in [0.25, 0.3) is 0 Å². The number of furan rings is 1. The smallest absolute Gasteiger partial charge is 0.322 e. The van der Waals surface area contributed by atoms with Crippen molar-refractivity contribution in [2.75, 3.05) is 25.0 Å². The summed E-state index contributed by atoms with van der Waals surface area (Å²) >= 11 is 0. The van der Waals surface area contributed by atoms with Gasteiger partial charge in [0.15, 0.2) is 0 Å². The van der Waals surface area contributed by atoms with Crippen molar-refractivity contribution in [1.82, 2.24) is 9.80 Å². The highest BCUT2D eigenvalue weighted by atomic mass is 16.3. The van der Waals surface area contributed by atoms with Crippen LogP contribution < -0.4 is 5.32 Å². The second-order valence-electron chi connectivity index (χ2n) is 8.49. The van der Waals surface area contributed by atoms with Gasteiger partial charge < -0.3 is 19.5 Å². The summed E-state index contributed by atoms with van der Waals surface area (Å²) in [6, 6.07) is 23.0. The number of carbonyl (C=O) groups excluding carboxylic acids is 2. The van der Waals surface area contributed by atoms with Gasteiger partial charge in [-0.3, -0.25) is 4.79 Å². The molecule has 2 aromatic carbocycles. The van der Waals surface area contributed by atoms with Gasteiger partial charge in [0, 0.05) is 18.8 Å². The fourth-order valence-electron chi connectivity index (χ4n) is 3.75. The molecule has 0 spiro atoms.